The van der Waals surface area contributed by atoms with Gasteiger partial charge in [-0.05, 0) is 25.0 Å². The van der Waals surface area contributed by atoms with Crippen LogP contribution in [0.3, 0.4) is 0 Å². The smallest absolute Gasteiger partial charge is 0.336 e. The molecule has 0 aliphatic carbocycles. The Balaban J connectivity index is 3.14. The molecule has 0 spiro atoms. The van der Waals surface area contributed by atoms with Crippen molar-refractivity contribution in [3.8, 4) is 0 Å². The van der Waals surface area contributed by atoms with Gasteiger partial charge in [0.25, 0.3) is 0 Å². The van der Waals surface area contributed by atoms with Gasteiger partial charge >= 0.3 is 12.3 Å². The van der Waals surface area contributed by atoms with Gasteiger partial charge in [-0.2, -0.15) is 8.78 Å². The van der Waals surface area contributed by atoms with E-state index in [1.807, 2.05) is 0 Å². The van der Waals surface area contributed by atoms with Crippen LogP contribution in [0.1, 0.15) is 22.8 Å². The summed E-state index contributed by atoms with van der Waals surface area (Å²) in [7, 11) is 0. The monoisotopic (exact) mass is 236 g/mol. The molecule has 0 amide bonds. The molecule has 0 aliphatic rings. The molecule has 0 heterocycles. The molecular weight excluding hydrogens is 224 g/mol. The molecule has 0 fully saturated rings. The SMILES string of the molecule is Cc1ccc(C)c(C(O)C(F)(F)C(F)F)c1. The molecule has 5 heteroatoms. The Bertz CT molecular complexity index is 376. The Morgan fingerprint density at radius 3 is 2.25 bits per heavy atom. The minimum atomic E-state index is -4.43. The van der Waals surface area contributed by atoms with E-state index < -0.39 is 18.5 Å². The molecule has 1 atom stereocenters. The third-order valence-corrected chi connectivity index (χ3v) is 2.38. The molecule has 0 radical (unpaired) electrons. The van der Waals surface area contributed by atoms with Crippen LogP contribution in [0.5, 0.6) is 0 Å². The minimum Gasteiger partial charge on any atom is -0.382 e. The molecule has 1 aromatic carbocycles. The number of hydrogen-bond donors (Lipinski definition) is 1. The molecule has 1 N–H and O–H groups in total. The maximum Gasteiger partial charge on any atom is 0.336 e. The largest absolute Gasteiger partial charge is 0.382 e. The molecule has 0 saturated carbocycles. The quantitative estimate of drug-likeness (QED) is 0.799. The van der Waals surface area contributed by atoms with Gasteiger partial charge in [-0.1, -0.05) is 23.8 Å². The second-order valence-corrected chi connectivity index (χ2v) is 3.74. The number of aliphatic hydroxyl groups is 1. The van der Waals surface area contributed by atoms with E-state index in [1.54, 1.807) is 13.0 Å². The lowest BCUT2D eigenvalue weighted by molar-refractivity contribution is -0.194. The van der Waals surface area contributed by atoms with Crippen LogP contribution in [0.15, 0.2) is 18.2 Å². The summed E-state index contributed by atoms with van der Waals surface area (Å²) in [5.41, 5.74) is 0.827. The topological polar surface area (TPSA) is 20.2 Å². The summed E-state index contributed by atoms with van der Waals surface area (Å²) >= 11 is 0. The van der Waals surface area contributed by atoms with Crippen molar-refractivity contribution in [2.24, 2.45) is 0 Å². The van der Waals surface area contributed by atoms with E-state index >= 15 is 0 Å². The summed E-state index contributed by atoms with van der Waals surface area (Å²) in [4.78, 5) is 0. The van der Waals surface area contributed by atoms with Gasteiger partial charge in [-0.3, -0.25) is 0 Å². The van der Waals surface area contributed by atoms with Gasteiger partial charge in [0.15, 0.2) is 0 Å². The fourth-order valence-electron chi connectivity index (χ4n) is 1.38. The first-order valence-electron chi connectivity index (χ1n) is 4.68. The van der Waals surface area contributed by atoms with Crippen LogP contribution in [0.2, 0.25) is 0 Å². The summed E-state index contributed by atoms with van der Waals surface area (Å²) in [6, 6.07) is 4.46. The van der Waals surface area contributed by atoms with E-state index in [4.69, 9.17) is 0 Å². The zero-order valence-electron chi connectivity index (χ0n) is 8.85. The Morgan fingerprint density at radius 2 is 1.75 bits per heavy atom. The van der Waals surface area contributed by atoms with Crippen LogP contribution >= 0.6 is 0 Å². The Hall–Kier alpha value is -1.10. The highest BCUT2D eigenvalue weighted by Gasteiger charge is 2.49. The fraction of sp³-hybridized carbons (Fsp3) is 0.455. The molecule has 1 rings (SSSR count). The second kappa shape index (κ2) is 4.41. The van der Waals surface area contributed by atoms with Gasteiger partial charge in [-0.15, -0.1) is 0 Å². The number of aliphatic hydroxyl groups excluding tert-OH is 1. The average Bonchev–Trinajstić information content (AvgIpc) is 2.20. The minimum absolute atomic E-state index is 0.162. The molecule has 1 aromatic rings. The van der Waals surface area contributed by atoms with Crippen molar-refractivity contribution in [1.82, 2.24) is 0 Å². The molecule has 90 valence electrons. The Morgan fingerprint density at radius 1 is 1.19 bits per heavy atom. The van der Waals surface area contributed by atoms with Crippen molar-refractivity contribution in [2.75, 3.05) is 0 Å². The number of hydrogen-bond acceptors (Lipinski definition) is 1. The molecule has 1 unspecified atom stereocenters. The third kappa shape index (κ3) is 2.35. The van der Waals surface area contributed by atoms with Crippen molar-refractivity contribution >= 4 is 0 Å². The Labute approximate surface area is 90.7 Å². The molecule has 0 aliphatic heterocycles. The number of rotatable bonds is 3. The lowest BCUT2D eigenvalue weighted by atomic mass is 9.97. The number of alkyl halides is 4. The van der Waals surface area contributed by atoms with Gasteiger partial charge < -0.3 is 5.11 Å². The predicted molar refractivity (Wildman–Crippen MR) is 51.8 cm³/mol. The standard InChI is InChI=1S/C11H12F4O/c1-6-3-4-7(2)8(5-6)9(16)11(14,15)10(12)13/h3-5,9-10,16H,1-2H3. The van der Waals surface area contributed by atoms with Crippen LogP contribution < -0.4 is 0 Å². The van der Waals surface area contributed by atoms with Crippen LogP contribution in [-0.4, -0.2) is 17.5 Å². The summed E-state index contributed by atoms with van der Waals surface area (Å²) in [6.45, 7) is 3.12. The van der Waals surface area contributed by atoms with Crippen molar-refractivity contribution in [3.05, 3.63) is 34.9 Å². The number of aryl methyl sites for hydroxylation is 2. The fourth-order valence-corrected chi connectivity index (χ4v) is 1.38. The third-order valence-electron chi connectivity index (χ3n) is 2.38. The highest BCUT2D eigenvalue weighted by Crippen LogP contribution is 2.37. The lowest BCUT2D eigenvalue weighted by Gasteiger charge is -2.23. The normalized spacial score (nSPS) is 14.2. The van der Waals surface area contributed by atoms with Crippen molar-refractivity contribution in [1.29, 1.82) is 0 Å². The highest BCUT2D eigenvalue weighted by atomic mass is 19.3. The van der Waals surface area contributed by atoms with Gasteiger partial charge in [0.05, 0.1) is 0 Å². The van der Waals surface area contributed by atoms with Crippen LogP contribution in [0.25, 0.3) is 0 Å². The van der Waals surface area contributed by atoms with Crippen molar-refractivity contribution < 1.29 is 22.7 Å². The van der Waals surface area contributed by atoms with E-state index in [9.17, 15) is 22.7 Å². The predicted octanol–water partition coefficient (Wildman–Crippen LogP) is 3.24. The number of halogens is 4. The molecule has 0 saturated heterocycles. The van der Waals surface area contributed by atoms with Crippen LogP contribution in [0, 0.1) is 13.8 Å². The summed E-state index contributed by atoms with van der Waals surface area (Å²) in [6.07, 6.45) is -6.37. The maximum atomic E-state index is 12.9. The molecule has 16 heavy (non-hydrogen) atoms. The molecule has 0 aromatic heterocycles. The van der Waals surface area contributed by atoms with Gasteiger partial charge in [0.2, 0.25) is 0 Å². The average molecular weight is 236 g/mol. The van der Waals surface area contributed by atoms with Crippen LogP contribution in [0.4, 0.5) is 17.6 Å². The van der Waals surface area contributed by atoms with E-state index in [0.717, 1.165) is 0 Å². The maximum absolute atomic E-state index is 12.9. The first-order valence-corrected chi connectivity index (χ1v) is 4.68. The van der Waals surface area contributed by atoms with E-state index in [1.165, 1.54) is 19.1 Å². The van der Waals surface area contributed by atoms with Crippen LogP contribution in [-0.2, 0) is 0 Å². The molecule has 0 bridgehead atoms. The van der Waals surface area contributed by atoms with Gasteiger partial charge in [-0.25, -0.2) is 8.78 Å². The van der Waals surface area contributed by atoms with E-state index in [2.05, 4.69) is 0 Å². The highest BCUT2D eigenvalue weighted by molar-refractivity contribution is 5.33. The summed E-state index contributed by atoms with van der Waals surface area (Å²) < 4.78 is 50.0. The van der Waals surface area contributed by atoms with E-state index in [0.29, 0.717) is 11.1 Å². The molecule has 1 nitrogen and oxygen atoms in total. The Kier molecular flexibility index (Phi) is 3.57. The molecular formula is C11H12F4O. The van der Waals surface area contributed by atoms with Gasteiger partial charge in [0, 0.05) is 0 Å². The zero-order valence-corrected chi connectivity index (χ0v) is 8.85. The number of benzene rings is 1. The zero-order chi connectivity index (χ0) is 12.5. The lowest BCUT2D eigenvalue weighted by Crippen LogP contribution is -2.34. The second-order valence-electron chi connectivity index (χ2n) is 3.74. The first-order chi connectivity index (χ1) is 7.26. The van der Waals surface area contributed by atoms with Crippen molar-refractivity contribution in [3.63, 3.8) is 0 Å². The summed E-state index contributed by atoms with van der Waals surface area (Å²) in [5.74, 6) is -4.43. The first kappa shape index (κ1) is 13.0. The van der Waals surface area contributed by atoms with E-state index in [-0.39, 0.29) is 5.56 Å². The van der Waals surface area contributed by atoms with Crippen molar-refractivity contribution in [2.45, 2.75) is 32.3 Å². The van der Waals surface area contributed by atoms with Gasteiger partial charge in [0.1, 0.15) is 6.10 Å². The summed E-state index contributed by atoms with van der Waals surface area (Å²) in [5, 5.41) is 9.29.